The number of nitrogens with zero attached hydrogens (tertiary/aromatic N) is 2. The van der Waals surface area contributed by atoms with E-state index < -0.39 is 10.8 Å². The summed E-state index contributed by atoms with van der Waals surface area (Å²) in [6.45, 7) is 0. The summed E-state index contributed by atoms with van der Waals surface area (Å²) in [5.41, 5.74) is 12.5. The third-order valence-electron chi connectivity index (χ3n) is 6.45. The summed E-state index contributed by atoms with van der Waals surface area (Å²) in [7, 11) is 0. The van der Waals surface area contributed by atoms with Crippen LogP contribution in [0.25, 0.3) is 0 Å². The average Bonchev–Trinajstić information content (AvgIpc) is 2.89. The van der Waals surface area contributed by atoms with Crippen LogP contribution in [0, 0.1) is 33.9 Å². The number of benzene rings is 3. The summed E-state index contributed by atoms with van der Waals surface area (Å²) < 4.78 is 9.96. The van der Waals surface area contributed by atoms with Crippen LogP contribution in [-0.2, 0) is 10.8 Å². The second kappa shape index (κ2) is 9.49. The summed E-state index contributed by atoms with van der Waals surface area (Å²) >= 11 is 0. The SMILES string of the molecule is N#COc1ccc(C2(c3ccc(OC#N)cc3)C=CC=C(C(=N)N)C2(C(=N)N)c2ccccc2)cc1. The van der Waals surface area contributed by atoms with Gasteiger partial charge in [0.05, 0.1) is 10.8 Å². The van der Waals surface area contributed by atoms with Crippen molar-refractivity contribution in [1.82, 2.24) is 0 Å². The van der Waals surface area contributed by atoms with Crippen molar-refractivity contribution in [2.24, 2.45) is 11.5 Å². The third kappa shape index (κ3) is 3.54. The van der Waals surface area contributed by atoms with Gasteiger partial charge in [-0.2, -0.15) is 0 Å². The predicted octanol–water partition coefficient (Wildman–Crippen LogP) is 4.00. The Bertz CT molecular complexity index is 1390. The molecule has 8 heteroatoms. The molecule has 176 valence electrons. The number of nitrogens with one attached hydrogen (secondary N) is 2. The largest absolute Gasteiger partial charge is 0.388 e. The molecule has 1 unspecified atom stereocenters. The molecule has 3 aromatic carbocycles. The Balaban J connectivity index is 2.15. The minimum Gasteiger partial charge on any atom is -0.388 e. The summed E-state index contributed by atoms with van der Waals surface area (Å²) in [4.78, 5) is 0. The van der Waals surface area contributed by atoms with E-state index in [4.69, 9.17) is 42.3 Å². The molecule has 1 atom stereocenters. The first kappa shape index (κ1) is 23.8. The van der Waals surface area contributed by atoms with E-state index in [1.807, 2.05) is 36.4 Å². The van der Waals surface area contributed by atoms with Gasteiger partial charge in [0.2, 0.25) is 0 Å². The molecule has 36 heavy (non-hydrogen) atoms. The Labute approximate surface area is 208 Å². The number of rotatable bonds is 7. The lowest BCUT2D eigenvalue weighted by Gasteiger charge is -2.52. The van der Waals surface area contributed by atoms with Gasteiger partial charge >= 0.3 is 0 Å². The Morgan fingerprint density at radius 1 is 0.722 bits per heavy atom. The van der Waals surface area contributed by atoms with Crippen LogP contribution < -0.4 is 20.9 Å². The molecule has 0 saturated heterocycles. The van der Waals surface area contributed by atoms with E-state index in [9.17, 15) is 0 Å². The van der Waals surface area contributed by atoms with Gasteiger partial charge in [0.15, 0.2) is 0 Å². The number of allylic oxidation sites excluding steroid dienone is 3. The Hall–Kier alpha value is -5.34. The highest BCUT2D eigenvalue weighted by atomic mass is 16.5. The minimum atomic E-state index is -1.41. The van der Waals surface area contributed by atoms with Crippen molar-refractivity contribution in [2.75, 3.05) is 0 Å². The second-order valence-electron chi connectivity index (χ2n) is 8.13. The first-order chi connectivity index (χ1) is 17.4. The van der Waals surface area contributed by atoms with Crippen LogP contribution in [0.3, 0.4) is 0 Å². The van der Waals surface area contributed by atoms with Gasteiger partial charge in [-0.05, 0) is 41.0 Å². The van der Waals surface area contributed by atoms with Gasteiger partial charge in [0.1, 0.15) is 23.2 Å². The molecule has 1 aliphatic carbocycles. The lowest BCUT2D eigenvalue weighted by molar-refractivity contribution is 0.464. The molecule has 6 N–H and O–H groups in total. The zero-order valence-electron chi connectivity index (χ0n) is 19.1. The highest BCUT2D eigenvalue weighted by Crippen LogP contribution is 2.56. The number of nitriles is 2. The Morgan fingerprint density at radius 2 is 1.22 bits per heavy atom. The van der Waals surface area contributed by atoms with Crippen molar-refractivity contribution in [2.45, 2.75) is 10.8 Å². The maximum atomic E-state index is 8.98. The van der Waals surface area contributed by atoms with E-state index in [-0.39, 0.29) is 11.7 Å². The number of nitrogens with two attached hydrogens (primary N) is 2. The lowest BCUT2D eigenvalue weighted by atomic mass is 9.49. The van der Waals surface area contributed by atoms with Gasteiger partial charge in [-0.25, -0.2) is 0 Å². The fourth-order valence-electron chi connectivity index (χ4n) is 5.10. The zero-order chi connectivity index (χ0) is 25.8. The van der Waals surface area contributed by atoms with Gasteiger partial charge in [0.25, 0.3) is 12.5 Å². The van der Waals surface area contributed by atoms with E-state index >= 15 is 0 Å². The predicted molar refractivity (Wildman–Crippen MR) is 135 cm³/mol. The lowest BCUT2D eigenvalue weighted by Crippen LogP contribution is -2.60. The van der Waals surface area contributed by atoms with Crippen molar-refractivity contribution < 1.29 is 9.47 Å². The molecule has 4 rings (SSSR count). The minimum absolute atomic E-state index is 0.214. The van der Waals surface area contributed by atoms with Crippen LogP contribution in [0.5, 0.6) is 11.5 Å². The highest BCUT2D eigenvalue weighted by Gasteiger charge is 2.59. The molecule has 1 aliphatic rings. The van der Waals surface area contributed by atoms with E-state index in [0.29, 0.717) is 33.8 Å². The standard InChI is InChI=1S/C28H22N6O2/c29-17-35-22-12-8-19(9-13-22)27(20-10-14-23(15-11-20)36-18-30)16-4-7-24(25(31)32)28(27,26(33)34)21-5-2-1-3-6-21/h1-16H,(H3,31,32)(H3,33,34). The molecule has 0 aliphatic heterocycles. The number of ether oxygens (including phenoxy) is 2. The molecule has 0 radical (unpaired) electrons. The molecule has 8 nitrogen and oxygen atoms in total. The maximum absolute atomic E-state index is 8.98. The van der Waals surface area contributed by atoms with Crippen molar-refractivity contribution in [1.29, 1.82) is 21.3 Å². The summed E-state index contributed by atoms with van der Waals surface area (Å²) in [5, 5.41) is 35.3. The highest BCUT2D eigenvalue weighted by molar-refractivity contribution is 6.10. The van der Waals surface area contributed by atoms with Crippen LogP contribution in [0.2, 0.25) is 0 Å². The van der Waals surface area contributed by atoms with Gasteiger partial charge < -0.3 is 20.9 Å². The molecule has 0 fully saturated rings. The van der Waals surface area contributed by atoms with Crippen LogP contribution in [0.15, 0.2) is 103 Å². The van der Waals surface area contributed by atoms with Crippen molar-refractivity contribution in [3.8, 4) is 24.0 Å². The molecule has 0 saturated carbocycles. The van der Waals surface area contributed by atoms with Gasteiger partial charge in [-0.1, -0.05) is 72.8 Å². The molecule has 0 aromatic heterocycles. The fourth-order valence-corrected chi connectivity index (χ4v) is 5.10. The smallest absolute Gasteiger partial charge is 0.292 e. The number of hydrogen-bond acceptors (Lipinski definition) is 6. The molecular weight excluding hydrogens is 452 g/mol. The number of hydrogen-bond donors (Lipinski definition) is 4. The van der Waals surface area contributed by atoms with E-state index in [0.717, 1.165) is 0 Å². The fraction of sp³-hybridized carbons (Fsp3) is 0.0714. The van der Waals surface area contributed by atoms with Crippen molar-refractivity contribution in [3.63, 3.8) is 0 Å². The van der Waals surface area contributed by atoms with Crippen LogP contribution >= 0.6 is 0 Å². The maximum Gasteiger partial charge on any atom is 0.292 e. The summed E-state index contributed by atoms with van der Waals surface area (Å²) in [6, 6.07) is 23.0. The monoisotopic (exact) mass is 474 g/mol. The molecule has 0 bridgehead atoms. The topological polar surface area (TPSA) is 166 Å². The molecular formula is C28H22N6O2. The van der Waals surface area contributed by atoms with Crippen molar-refractivity contribution >= 4 is 11.7 Å². The summed E-state index contributed by atoms with van der Waals surface area (Å²) in [6.07, 6.45) is 8.75. The van der Waals surface area contributed by atoms with Gasteiger partial charge in [0, 0.05) is 5.57 Å². The van der Waals surface area contributed by atoms with Gasteiger partial charge in [-0.15, -0.1) is 10.5 Å². The zero-order valence-corrected chi connectivity index (χ0v) is 19.1. The Kier molecular flexibility index (Phi) is 6.28. The molecule has 3 aromatic rings. The first-order valence-electron chi connectivity index (χ1n) is 10.9. The molecule has 0 spiro atoms. The quantitative estimate of drug-likeness (QED) is 0.229. The normalized spacial score (nSPS) is 17.7. The van der Waals surface area contributed by atoms with E-state index in [1.54, 1.807) is 73.2 Å². The molecule has 0 amide bonds. The third-order valence-corrected chi connectivity index (χ3v) is 6.45. The van der Waals surface area contributed by atoms with Crippen LogP contribution in [0.4, 0.5) is 0 Å². The number of amidine groups is 2. The van der Waals surface area contributed by atoms with Crippen LogP contribution in [-0.4, -0.2) is 11.7 Å². The van der Waals surface area contributed by atoms with Crippen molar-refractivity contribution in [3.05, 3.63) is 119 Å². The molecule has 0 heterocycles. The average molecular weight is 475 g/mol. The Morgan fingerprint density at radius 3 is 1.64 bits per heavy atom. The second-order valence-corrected chi connectivity index (χ2v) is 8.13. The first-order valence-corrected chi connectivity index (χ1v) is 10.9. The van der Waals surface area contributed by atoms with Crippen LogP contribution in [0.1, 0.15) is 16.7 Å². The van der Waals surface area contributed by atoms with Gasteiger partial charge in [-0.3, -0.25) is 10.8 Å². The van der Waals surface area contributed by atoms with E-state index in [2.05, 4.69) is 0 Å². The van der Waals surface area contributed by atoms with E-state index in [1.165, 1.54) is 0 Å². The summed E-state index contributed by atoms with van der Waals surface area (Å²) in [5.74, 6) is 0.264.